The number of aromatic nitrogens is 1. The van der Waals surface area contributed by atoms with Crippen molar-refractivity contribution in [2.45, 2.75) is 156 Å². The number of primary amides is 1. The molecule has 482 valence electrons. The Morgan fingerprint density at radius 2 is 1.51 bits per heavy atom. The van der Waals surface area contributed by atoms with E-state index < -0.39 is 194 Å². The fraction of sp³-hybridized carbons (Fsp3) is 0.618. The lowest BCUT2D eigenvalue weighted by molar-refractivity contribution is -0.197. The van der Waals surface area contributed by atoms with Crippen LogP contribution in [0.2, 0.25) is 0 Å². The first-order valence-electron chi connectivity index (χ1n) is 29.0. The number of nitrogens with zero attached hydrogens (tertiary/aromatic N) is 3. The van der Waals surface area contributed by atoms with Crippen molar-refractivity contribution in [2.24, 2.45) is 17.6 Å². The number of aliphatic hydroxyl groups excluding tert-OH is 3. The second-order valence-electron chi connectivity index (χ2n) is 22.4. The zero-order chi connectivity index (χ0) is 64.3. The van der Waals surface area contributed by atoms with Crippen molar-refractivity contribution in [1.29, 1.82) is 0 Å². The number of likely N-dealkylation sites (tertiary alicyclic amines) is 1. The number of rotatable bonds is 16. The minimum absolute atomic E-state index is 0.00668. The van der Waals surface area contributed by atoms with Crippen LogP contribution in [-0.4, -0.2) is 222 Å². The number of benzene rings is 1. The molecule has 0 radical (unpaired) electrons. The average molecular weight is 1270 g/mol. The van der Waals surface area contributed by atoms with E-state index in [0.717, 1.165) is 4.90 Å². The van der Waals surface area contributed by atoms with Gasteiger partial charge in [0.25, 0.3) is 11.8 Å². The van der Waals surface area contributed by atoms with Gasteiger partial charge in [-0.25, -0.2) is 4.79 Å². The number of fused-ring (bicyclic) bond motifs is 5. The van der Waals surface area contributed by atoms with Crippen LogP contribution in [-0.2, 0) is 90.5 Å². The van der Waals surface area contributed by atoms with Crippen LogP contribution in [0.3, 0.4) is 0 Å². The molecule has 0 spiro atoms. The number of methoxy groups -OCH3 is 1. The van der Waals surface area contributed by atoms with Gasteiger partial charge in [0.2, 0.25) is 64.1 Å². The number of aliphatic hydroxyl groups is 3. The summed E-state index contributed by atoms with van der Waals surface area (Å²) in [6.07, 6.45) is -3.77. The maximum Gasteiger partial charge on any atom is 0.333 e. The molecule has 0 aliphatic carbocycles. The molecule has 2 bridgehead atoms. The Morgan fingerprint density at radius 3 is 2.16 bits per heavy atom. The third-order valence-electron chi connectivity index (χ3n) is 16.2. The molecule has 3 fully saturated rings. The summed E-state index contributed by atoms with van der Waals surface area (Å²) >= 11 is -0.971. The standard InChI is InChI=1S/C55H76N12O19S2/c1-5-26(2)46-52(81)58-20-40(72)59-35-25-88(84)54-31(30-9-10-38(85-4)32(48(30)64-54)24-87-29-13-15-65(16-14-29)42(74)7-6-8-45(77)86-67-43(75)11-12-44(67)76)18-33(49(78)57-21-41(73)62-46)60-53(82)47(27(3)37(70)23-68)63-51(80)36-17-28(69)22-66(36)55(83)34(19-39(56)71)61-50(35)79/h9-10,26-29,33-37,46-47,64,68-70H,5-8,11-25H2,1-4H3,(H2,56,71)(H,57,78)(H,58,81)(H,59,72)(H,60,82)(H,61,79)(H,62,73)(H,63,80)/t26-,27-,28+,33-,34-,35?,36?,37-,46?,47-,88?/m0/s1. The summed E-state index contributed by atoms with van der Waals surface area (Å²) in [5, 5.41) is 50.0. The number of hydrogen-bond donors (Lipinski definition) is 12. The fourth-order valence-electron chi connectivity index (χ4n) is 11.0. The molecular weight excluding hydrogens is 1200 g/mol. The van der Waals surface area contributed by atoms with E-state index in [0.29, 0.717) is 59.6 Å². The van der Waals surface area contributed by atoms with Crippen molar-refractivity contribution >= 4 is 111 Å². The summed E-state index contributed by atoms with van der Waals surface area (Å²) in [6, 6.07) is -7.09. The molecule has 88 heavy (non-hydrogen) atoms. The van der Waals surface area contributed by atoms with E-state index in [1.165, 1.54) is 25.8 Å². The summed E-state index contributed by atoms with van der Waals surface area (Å²) in [5.41, 5.74) is 6.50. The number of aromatic amines is 1. The van der Waals surface area contributed by atoms with E-state index in [9.17, 15) is 77.6 Å². The number of carbonyl (C=O) groups is 13. The molecule has 3 saturated heterocycles. The van der Waals surface area contributed by atoms with Crippen LogP contribution in [0.15, 0.2) is 17.2 Å². The lowest BCUT2D eigenvalue weighted by Gasteiger charge is -2.32. The van der Waals surface area contributed by atoms with Gasteiger partial charge in [-0.2, -0.15) is 11.8 Å². The zero-order valence-electron chi connectivity index (χ0n) is 49.0. The van der Waals surface area contributed by atoms with Crippen LogP contribution in [0, 0.1) is 11.8 Å². The predicted octanol–water partition coefficient (Wildman–Crippen LogP) is -4.62. The van der Waals surface area contributed by atoms with Gasteiger partial charge in [0.05, 0.1) is 51.0 Å². The van der Waals surface area contributed by atoms with Crippen LogP contribution < -0.4 is 47.7 Å². The molecule has 7 rings (SSSR count). The number of piperidine rings is 1. The Kier molecular flexibility index (Phi) is 23.6. The largest absolute Gasteiger partial charge is 0.610 e. The van der Waals surface area contributed by atoms with E-state index in [1.54, 1.807) is 30.9 Å². The van der Waals surface area contributed by atoms with Gasteiger partial charge in [-0.3, -0.25) is 57.5 Å². The van der Waals surface area contributed by atoms with Gasteiger partial charge in [0.15, 0.2) is 6.04 Å². The number of carbonyl (C=O) groups excluding carboxylic acids is 13. The quantitative estimate of drug-likeness (QED) is 0.0556. The third-order valence-corrected chi connectivity index (χ3v) is 19.1. The minimum Gasteiger partial charge on any atom is -0.610 e. The summed E-state index contributed by atoms with van der Waals surface area (Å²) in [5.74, 6) is -13.9. The van der Waals surface area contributed by atoms with Crippen LogP contribution in [0.25, 0.3) is 10.9 Å². The lowest BCUT2D eigenvalue weighted by atomic mass is 9.93. The number of amides is 12. The van der Waals surface area contributed by atoms with Gasteiger partial charge in [0.1, 0.15) is 41.7 Å². The first kappa shape index (κ1) is 67.9. The van der Waals surface area contributed by atoms with E-state index in [1.807, 2.05) is 0 Å². The Labute approximate surface area is 512 Å². The van der Waals surface area contributed by atoms with Gasteiger partial charge in [-0.05, 0) is 37.3 Å². The summed E-state index contributed by atoms with van der Waals surface area (Å²) in [6.45, 7) is 2.33. The van der Waals surface area contributed by atoms with Crippen molar-refractivity contribution in [3.63, 3.8) is 0 Å². The number of nitrogens with one attached hydrogen (secondary N) is 8. The highest BCUT2D eigenvalue weighted by molar-refractivity contribution is 7.99. The average Bonchev–Trinajstić information content (AvgIpc) is 2.95. The maximum absolute atomic E-state index is 15.4. The predicted molar refractivity (Wildman–Crippen MR) is 309 cm³/mol. The number of H-pyrrole nitrogens is 1. The number of imide groups is 1. The molecule has 5 aliphatic heterocycles. The third kappa shape index (κ3) is 16.8. The van der Waals surface area contributed by atoms with Crippen LogP contribution in [0.1, 0.15) is 96.1 Å². The highest BCUT2D eigenvalue weighted by Gasteiger charge is 2.46. The van der Waals surface area contributed by atoms with Gasteiger partial charge in [0, 0.05) is 103 Å². The number of nitrogens with two attached hydrogens (primary N) is 1. The van der Waals surface area contributed by atoms with Crippen molar-refractivity contribution in [3.05, 3.63) is 23.3 Å². The minimum atomic E-state index is -2.48. The van der Waals surface area contributed by atoms with E-state index in [-0.39, 0.29) is 59.6 Å². The van der Waals surface area contributed by atoms with E-state index in [4.69, 9.17) is 15.3 Å². The first-order chi connectivity index (χ1) is 41.8. The molecule has 0 saturated carbocycles. The molecule has 1 aromatic heterocycles. The highest BCUT2D eigenvalue weighted by Crippen LogP contribution is 2.39. The number of hydrogen-bond acceptors (Lipinski definition) is 20. The molecule has 6 heterocycles. The van der Waals surface area contributed by atoms with Gasteiger partial charge in [-0.15, -0.1) is 5.06 Å². The SMILES string of the molecule is CC[C@H](C)C1NC(=O)CNC(=O)[C@@H]2Cc3c([nH]c4c(CSC5CCN(C(=O)CCCC(=O)ON6C(=O)CCC6=O)CC5)c(OC)ccc34)[S+]([O-])CC(NC(=O)CNC1=O)C(=O)N[C@@H](CC(N)=O)C(=O)N1C[C@H](O)CC1C(=O)N[C@@H]([C@@H](C)[C@@H](O)CO)C(=O)N2. The topological polar surface area (TPSA) is 460 Å². The van der Waals surface area contributed by atoms with Crippen LogP contribution in [0.5, 0.6) is 5.75 Å². The Morgan fingerprint density at radius 1 is 0.841 bits per heavy atom. The fourth-order valence-corrected chi connectivity index (χ4v) is 13.6. The number of hydroxylamine groups is 2. The molecule has 13 N–H and O–H groups in total. The van der Waals surface area contributed by atoms with E-state index >= 15 is 4.55 Å². The van der Waals surface area contributed by atoms with Crippen molar-refractivity contribution in [1.82, 2.24) is 57.1 Å². The van der Waals surface area contributed by atoms with Gasteiger partial charge < -0.3 is 87.2 Å². The molecule has 1 aromatic carbocycles. The Bertz CT molecular complexity index is 3020. The second-order valence-corrected chi connectivity index (χ2v) is 25.1. The molecule has 4 unspecified atom stereocenters. The summed E-state index contributed by atoms with van der Waals surface area (Å²) < 4.78 is 21.2. The smallest absolute Gasteiger partial charge is 0.333 e. The molecule has 12 amide bonds. The normalized spacial score (nSPS) is 26.1. The summed E-state index contributed by atoms with van der Waals surface area (Å²) in [7, 11) is 1.42. The molecule has 11 atom stereocenters. The van der Waals surface area contributed by atoms with Crippen molar-refractivity contribution < 1.29 is 91.8 Å². The molecule has 31 nitrogen and oxygen atoms in total. The van der Waals surface area contributed by atoms with Crippen molar-refractivity contribution in [2.75, 3.05) is 52.2 Å². The van der Waals surface area contributed by atoms with Crippen molar-refractivity contribution in [3.8, 4) is 5.75 Å². The Hall–Kier alpha value is -7.59. The number of thioether (sulfide) groups is 1. The van der Waals surface area contributed by atoms with Gasteiger partial charge in [-0.1, -0.05) is 27.2 Å². The summed E-state index contributed by atoms with van der Waals surface area (Å²) in [4.78, 5) is 187. The molecule has 5 aliphatic rings. The molecular formula is C55H76N12O19S2. The number of ether oxygens (including phenoxy) is 1. The second kappa shape index (κ2) is 30.6. The highest BCUT2D eigenvalue weighted by atomic mass is 32.2. The van der Waals surface area contributed by atoms with Crippen LogP contribution >= 0.6 is 11.8 Å². The zero-order valence-corrected chi connectivity index (χ0v) is 50.7. The van der Waals surface area contributed by atoms with E-state index in [2.05, 4.69) is 42.2 Å². The Balaban J connectivity index is 1.28. The molecule has 33 heteroatoms. The molecule has 2 aromatic rings. The maximum atomic E-state index is 15.4. The lowest BCUT2D eigenvalue weighted by Crippen LogP contribution is -2.62. The first-order valence-corrected chi connectivity index (χ1v) is 31.3. The monoisotopic (exact) mass is 1270 g/mol. The van der Waals surface area contributed by atoms with Gasteiger partial charge >= 0.3 is 5.97 Å². The van der Waals surface area contributed by atoms with Crippen LogP contribution in [0.4, 0.5) is 0 Å².